The molecule has 1 aromatic rings. The van der Waals surface area contributed by atoms with E-state index in [4.69, 9.17) is 0 Å². The Kier molecular flexibility index (Phi) is 3.62. The number of nitrogens with zero attached hydrogens (tertiary/aromatic N) is 1. The number of benzene rings is 1. The van der Waals surface area contributed by atoms with E-state index in [9.17, 15) is 0 Å². The van der Waals surface area contributed by atoms with Gasteiger partial charge in [0.1, 0.15) is 0 Å². The summed E-state index contributed by atoms with van der Waals surface area (Å²) in [6, 6.07) is 10.6. The molecular weight excluding hydrogens is 196 g/mol. The highest BCUT2D eigenvalue weighted by molar-refractivity contribution is 5.14. The molecule has 2 nitrogen and oxygen atoms in total. The minimum atomic E-state index is 0.425. The predicted molar refractivity (Wildman–Crippen MR) is 68.4 cm³/mol. The van der Waals surface area contributed by atoms with Crippen LogP contribution in [0.5, 0.6) is 0 Å². The van der Waals surface area contributed by atoms with E-state index in [1.807, 2.05) is 0 Å². The van der Waals surface area contributed by atoms with Crippen molar-refractivity contribution >= 4 is 0 Å². The maximum absolute atomic E-state index is 3.58. The minimum Gasteiger partial charge on any atom is -0.311 e. The summed E-state index contributed by atoms with van der Waals surface area (Å²) in [7, 11) is 4.40. The second-order valence-electron chi connectivity index (χ2n) is 5.06. The Morgan fingerprint density at radius 2 is 1.88 bits per heavy atom. The van der Waals surface area contributed by atoms with Gasteiger partial charge in [0.15, 0.2) is 0 Å². The number of likely N-dealkylation sites (N-methyl/N-ethyl adjacent to an activating group) is 1. The lowest BCUT2D eigenvalue weighted by Crippen LogP contribution is -2.56. The van der Waals surface area contributed by atoms with Gasteiger partial charge in [-0.15, -0.1) is 0 Å². The molecule has 0 aromatic heterocycles. The molecule has 1 fully saturated rings. The van der Waals surface area contributed by atoms with Crippen molar-refractivity contribution in [2.45, 2.75) is 31.3 Å². The molecule has 2 heteroatoms. The van der Waals surface area contributed by atoms with Gasteiger partial charge in [-0.05, 0) is 38.9 Å². The molecule has 0 bridgehead atoms. The molecule has 1 saturated carbocycles. The molecule has 88 valence electrons. The molecule has 0 unspecified atom stereocenters. The molecule has 2 rings (SSSR count). The molecule has 16 heavy (non-hydrogen) atoms. The standard InChI is InChI=1S/C14H22N2/c1-16(2)14(9-6-10-14)12-15-11-13-7-4-3-5-8-13/h3-5,7-8,15H,6,9-12H2,1-2H3. The summed E-state index contributed by atoms with van der Waals surface area (Å²) in [4.78, 5) is 2.38. The fraction of sp³-hybridized carbons (Fsp3) is 0.571. The Bertz CT molecular complexity index is 315. The average Bonchev–Trinajstić information content (AvgIpc) is 2.23. The van der Waals surface area contributed by atoms with Gasteiger partial charge in [0, 0.05) is 18.6 Å². The van der Waals surface area contributed by atoms with Crippen molar-refractivity contribution in [1.82, 2.24) is 10.2 Å². The Morgan fingerprint density at radius 1 is 1.19 bits per heavy atom. The summed E-state index contributed by atoms with van der Waals surface area (Å²) >= 11 is 0. The normalized spacial score (nSPS) is 18.4. The van der Waals surface area contributed by atoms with Gasteiger partial charge in [0.05, 0.1) is 0 Å². The molecule has 1 aliphatic rings. The number of hydrogen-bond acceptors (Lipinski definition) is 2. The van der Waals surface area contributed by atoms with E-state index in [-0.39, 0.29) is 0 Å². The lowest BCUT2D eigenvalue weighted by Gasteiger charge is -2.47. The molecule has 0 spiro atoms. The maximum Gasteiger partial charge on any atom is 0.0328 e. The summed E-state index contributed by atoms with van der Waals surface area (Å²) in [6.07, 6.45) is 4.05. The molecule has 0 aliphatic heterocycles. The largest absolute Gasteiger partial charge is 0.311 e. The Morgan fingerprint density at radius 3 is 2.38 bits per heavy atom. The van der Waals surface area contributed by atoms with Crippen LogP contribution in [-0.2, 0) is 6.54 Å². The fourth-order valence-electron chi connectivity index (χ4n) is 2.40. The molecule has 0 atom stereocenters. The molecule has 0 heterocycles. The van der Waals surface area contributed by atoms with E-state index in [0.29, 0.717) is 5.54 Å². The van der Waals surface area contributed by atoms with E-state index in [1.54, 1.807) is 0 Å². The van der Waals surface area contributed by atoms with Gasteiger partial charge in [-0.1, -0.05) is 30.3 Å². The van der Waals surface area contributed by atoms with Crippen LogP contribution in [0.4, 0.5) is 0 Å². The highest BCUT2D eigenvalue weighted by Gasteiger charge is 2.38. The quantitative estimate of drug-likeness (QED) is 0.815. The summed E-state index contributed by atoms with van der Waals surface area (Å²) in [5, 5.41) is 3.58. The molecule has 0 amide bonds. The third kappa shape index (κ3) is 2.45. The van der Waals surface area contributed by atoms with Crippen molar-refractivity contribution in [3.8, 4) is 0 Å². The van der Waals surface area contributed by atoms with Crippen LogP contribution in [0.1, 0.15) is 24.8 Å². The smallest absolute Gasteiger partial charge is 0.0328 e. The van der Waals surface area contributed by atoms with Gasteiger partial charge in [-0.3, -0.25) is 0 Å². The minimum absolute atomic E-state index is 0.425. The summed E-state index contributed by atoms with van der Waals surface area (Å²) < 4.78 is 0. The van der Waals surface area contributed by atoms with Crippen molar-refractivity contribution in [3.05, 3.63) is 35.9 Å². The van der Waals surface area contributed by atoms with Crippen molar-refractivity contribution < 1.29 is 0 Å². The second-order valence-corrected chi connectivity index (χ2v) is 5.06. The molecule has 0 saturated heterocycles. The first-order valence-electron chi connectivity index (χ1n) is 6.15. The van der Waals surface area contributed by atoms with Crippen LogP contribution < -0.4 is 5.32 Å². The fourth-order valence-corrected chi connectivity index (χ4v) is 2.40. The van der Waals surface area contributed by atoms with Gasteiger partial charge < -0.3 is 10.2 Å². The zero-order valence-corrected chi connectivity index (χ0v) is 10.4. The second kappa shape index (κ2) is 4.98. The first-order valence-corrected chi connectivity index (χ1v) is 6.15. The lowest BCUT2D eigenvalue weighted by atomic mass is 9.75. The van der Waals surface area contributed by atoms with Crippen molar-refractivity contribution in [2.24, 2.45) is 0 Å². The van der Waals surface area contributed by atoms with Crippen LogP contribution in [0.15, 0.2) is 30.3 Å². The van der Waals surface area contributed by atoms with Crippen LogP contribution in [0.3, 0.4) is 0 Å². The van der Waals surface area contributed by atoms with Gasteiger partial charge in [-0.2, -0.15) is 0 Å². The van der Waals surface area contributed by atoms with Gasteiger partial charge in [0.2, 0.25) is 0 Å². The molecule has 0 radical (unpaired) electrons. The molecule has 1 aromatic carbocycles. The summed E-state index contributed by atoms with van der Waals surface area (Å²) in [5.41, 5.74) is 1.80. The SMILES string of the molecule is CN(C)C1(CNCc2ccccc2)CCC1. The maximum atomic E-state index is 3.58. The average molecular weight is 218 g/mol. The highest BCUT2D eigenvalue weighted by atomic mass is 15.2. The highest BCUT2D eigenvalue weighted by Crippen LogP contribution is 2.35. The summed E-state index contributed by atoms with van der Waals surface area (Å²) in [6.45, 7) is 2.09. The van der Waals surface area contributed by atoms with Crippen LogP contribution in [0, 0.1) is 0 Å². The monoisotopic (exact) mass is 218 g/mol. The third-order valence-corrected chi connectivity index (χ3v) is 3.86. The number of hydrogen-bond donors (Lipinski definition) is 1. The van der Waals surface area contributed by atoms with Crippen LogP contribution in [0.2, 0.25) is 0 Å². The first kappa shape index (κ1) is 11.6. The molecule has 1 aliphatic carbocycles. The summed E-state index contributed by atoms with van der Waals surface area (Å²) in [5.74, 6) is 0. The van der Waals surface area contributed by atoms with E-state index >= 15 is 0 Å². The number of nitrogens with one attached hydrogen (secondary N) is 1. The number of rotatable bonds is 5. The Labute approximate surface area is 98.7 Å². The first-order chi connectivity index (χ1) is 7.73. The van der Waals surface area contributed by atoms with E-state index in [1.165, 1.54) is 24.8 Å². The van der Waals surface area contributed by atoms with Crippen molar-refractivity contribution in [3.63, 3.8) is 0 Å². The van der Waals surface area contributed by atoms with Crippen molar-refractivity contribution in [2.75, 3.05) is 20.6 Å². The van der Waals surface area contributed by atoms with Gasteiger partial charge in [0.25, 0.3) is 0 Å². The van der Waals surface area contributed by atoms with E-state index < -0.39 is 0 Å². The Balaban J connectivity index is 1.79. The van der Waals surface area contributed by atoms with E-state index in [0.717, 1.165) is 13.1 Å². The van der Waals surface area contributed by atoms with Crippen LogP contribution >= 0.6 is 0 Å². The van der Waals surface area contributed by atoms with Gasteiger partial charge in [-0.25, -0.2) is 0 Å². The zero-order valence-electron chi connectivity index (χ0n) is 10.4. The topological polar surface area (TPSA) is 15.3 Å². The predicted octanol–water partition coefficient (Wildman–Crippen LogP) is 2.26. The zero-order chi connectivity index (χ0) is 11.4. The van der Waals surface area contributed by atoms with E-state index in [2.05, 4.69) is 54.6 Å². The van der Waals surface area contributed by atoms with Crippen LogP contribution in [0.25, 0.3) is 0 Å². The lowest BCUT2D eigenvalue weighted by molar-refractivity contribution is 0.0598. The van der Waals surface area contributed by atoms with Crippen molar-refractivity contribution in [1.29, 1.82) is 0 Å². The van der Waals surface area contributed by atoms with Crippen LogP contribution in [-0.4, -0.2) is 31.1 Å². The molecular formula is C14H22N2. The third-order valence-electron chi connectivity index (χ3n) is 3.86. The van der Waals surface area contributed by atoms with Gasteiger partial charge >= 0.3 is 0 Å². The Hall–Kier alpha value is -0.860. The molecule has 1 N–H and O–H groups in total.